The van der Waals surface area contributed by atoms with Crippen molar-refractivity contribution < 1.29 is 9.53 Å². The van der Waals surface area contributed by atoms with Gasteiger partial charge in [0.1, 0.15) is 5.60 Å². The first-order chi connectivity index (χ1) is 9.35. The first-order valence-corrected chi connectivity index (χ1v) is 6.73. The Morgan fingerprint density at radius 3 is 2.80 bits per heavy atom. The predicted octanol–water partition coefficient (Wildman–Crippen LogP) is 3.44. The highest BCUT2D eigenvalue weighted by atomic mass is 16.6. The molecule has 1 aromatic heterocycles. The Morgan fingerprint density at radius 2 is 2.10 bits per heavy atom. The molecule has 1 heterocycles. The molecule has 2 aromatic rings. The van der Waals surface area contributed by atoms with Gasteiger partial charge in [-0.15, -0.1) is 0 Å². The number of para-hydroxylation sites is 1. The molecule has 0 unspecified atom stereocenters. The van der Waals surface area contributed by atoms with Gasteiger partial charge in [0.2, 0.25) is 0 Å². The van der Waals surface area contributed by atoms with Gasteiger partial charge in [-0.3, -0.25) is 0 Å². The zero-order valence-electron chi connectivity index (χ0n) is 12.2. The van der Waals surface area contributed by atoms with Gasteiger partial charge in [0, 0.05) is 23.1 Å². The molecule has 1 aromatic carbocycles. The summed E-state index contributed by atoms with van der Waals surface area (Å²) >= 11 is 0. The van der Waals surface area contributed by atoms with Gasteiger partial charge in [0.25, 0.3) is 0 Å². The Hall–Kier alpha value is -1.97. The second kappa shape index (κ2) is 5.57. The van der Waals surface area contributed by atoms with Gasteiger partial charge < -0.3 is 15.0 Å². The van der Waals surface area contributed by atoms with Crippen molar-refractivity contribution >= 4 is 17.0 Å². The van der Waals surface area contributed by atoms with Crippen molar-refractivity contribution in [1.29, 1.82) is 0 Å². The third-order valence-electron chi connectivity index (χ3n) is 2.86. The number of hydrogen-bond acceptors (Lipinski definition) is 2. The van der Waals surface area contributed by atoms with E-state index in [4.69, 9.17) is 4.74 Å². The van der Waals surface area contributed by atoms with Gasteiger partial charge in [-0.05, 0) is 45.7 Å². The summed E-state index contributed by atoms with van der Waals surface area (Å²) in [5, 5.41) is 3.91. The minimum absolute atomic E-state index is 0.232. The lowest BCUT2D eigenvalue weighted by atomic mass is 10.1. The monoisotopic (exact) mass is 273 g/mol. The third-order valence-corrected chi connectivity index (χ3v) is 2.86. The van der Waals surface area contributed by atoms with E-state index in [1.54, 1.807) is 0 Å². The van der Waals surface area contributed by atoms with E-state index in [1.165, 1.54) is 0 Å². The van der Waals surface area contributed by atoms with Crippen LogP contribution >= 0.6 is 0 Å². The van der Waals surface area contributed by atoms with Crippen molar-refractivity contribution in [3.63, 3.8) is 0 Å². The number of aromatic amines is 1. The normalized spacial score (nSPS) is 13.2. The van der Waals surface area contributed by atoms with Crippen LogP contribution in [0.3, 0.4) is 0 Å². The molecule has 2 rings (SSSR count). The summed E-state index contributed by atoms with van der Waals surface area (Å²) in [5.74, 6) is 0. The van der Waals surface area contributed by atoms with Crippen molar-refractivity contribution in [2.75, 3.05) is 0 Å². The quantitative estimate of drug-likeness (QED) is 0.900. The van der Waals surface area contributed by atoms with Gasteiger partial charge in [0.15, 0.2) is 0 Å². The van der Waals surface area contributed by atoms with Gasteiger partial charge in [-0.25, -0.2) is 4.79 Å². The molecule has 0 aliphatic carbocycles. The molecule has 20 heavy (non-hydrogen) atoms. The Morgan fingerprint density at radius 1 is 1.40 bits per heavy atom. The Bertz CT molecular complexity index is 596. The summed E-state index contributed by atoms with van der Waals surface area (Å²) in [6.45, 7) is 9.48. The van der Waals surface area contributed by atoms with Crippen LogP contribution in [0.5, 0.6) is 0 Å². The van der Waals surface area contributed by atoms with Crippen LogP contribution in [0.1, 0.15) is 26.3 Å². The number of nitrogens with one attached hydrogen (secondary N) is 2. The SMILES string of the molecule is [CH2][C@@H](Cc1c[nH]c2ccccc12)NC(=O)OC(C)(C)C. The molecule has 0 spiro atoms. The smallest absolute Gasteiger partial charge is 0.407 e. The number of fused-ring (bicyclic) bond motifs is 1. The van der Waals surface area contributed by atoms with E-state index < -0.39 is 11.7 Å². The van der Waals surface area contributed by atoms with Crippen LogP contribution in [0.4, 0.5) is 4.79 Å². The number of amides is 1. The Labute approximate surface area is 119 Å². The topological polar surface area (TPSA) is 54.1 Å². The highest BCUT2D eigenvalue weighted by Crippen LogP contribution is 2.19. The van der Waals surface area contributed by atoms with E-state index in [2.05, 4.69) is 23.3 Å². The summed E-state index contributed by atoms with van der Waals surface area (Å²) in [6.07, 6.45) is 2.18. The zero-order valence-corrected chi connectivity index (χ0v) is 12.2. The van der Waals surface area contributed by atoms with Gasteiger partial charge >= 0.3 is 6.09 Å². The fourth-order valence-corrected chi connectivity index (χ4v) is 2.09. The average molecular weight is 273 g/mol. The molecular formula is C16H21N2O2. The molecular weight excluding hydrogens is 252 g/mol. The molecule has 0 bridgehead atoms. The fraction of sp³-hybridized carbons (Fsp3) is 0.375. The van der Waals surface area contributed by atoms with Gasteiger partial charge in [0.05, 0.1) is 0 Å². The fourth-order valence-electron chi connectivity index (χ4n) is 2.09. The van der Waals surface area contributed by atoms with E-state index in [1.807, 2.05) is 45.2 Å². The first kappa shape index (κ1) is 14.4. The maximum Gasteiger partial charge on any atom is 0.407 e. The predicted molar refractivity (Wildman–Crippen MR) is 80.5 cm³/mol. The van der Waals surface area contributed by atoms with Crippen molar-refractivity contribution in [1.82, 2.24) is 10.3 Å². The van der Waals surface area contributed by atoms with Gasteiger partial charge in [-0.2, -0.15) is 0 Å². The summed E-state index contributed by atoms with van der Waals surface area (Å²) < 4.78 is 5.22. The number of carbonyl (C=O) groups is 1. The van der Waals surface area contributed by atoms with Crippen molar-refractivity contribution in [3.05, 3.63) is 42.9 Å². The number of rotatable bonds is 3. The maximum absolute atomic E-state index is 11.7. The molecule has 0 saturated carbocycles. The van der Waals surface area contributed by atoms with Crippen LogP contribution in [0.25, 0.3) is 10.9 Å². The van der Waals surface area contributed by atoms with Crippen LogP contribution < -0.4 is 5.32 Å². The van der Waals surface area contributed by atoms with Crippen LogP contribution in [0.2, 0.25) is 0 Å². The lowest BCUT2D eigenvalue weighted by molar-refractivity contribution is 0.0514. The summed E-state index contributed by atoms with van der Waals surface area (Å²) in [4.78, 5) is 14.9. The molecule has 1 radical (unpaired) electrons. The van der Waals surface area contributed by atoms with E-state index in [9.17, 15) is 4.79 Å². The van der Waals surface area contributed by atoms with E-state index >= 15 is 0 Å². The molecule has 1 amide bonds. The lowest BCUT2D eigenvalue weighted by Crippen LogP contribution is -2.38. The second-order valence-electron chi connectivity index (χ2n) is 5.91. The molecule has 0 aliphatic rings. The van der Waals surface area contributed by atoms with E-state index in [0.717, 1.165) is 16.5 Å². The number of benzene rings is 1. The first-order valence-electron chi connectivity index (χ1n) is 6.73. The molecule has 0 fully saturated rings. The van der Waals surface area contributed by atoms with Crippen molar-refractivity contribution in [2.45, 2.75) is 38.8 Å². The van der Waals surface area contributed by atoms with Crippen LogP contribution in [0.15, 0.2) is 30.5 Å². The summed E-state index contributed by atoms with van der Waals surface area (Å²) in [5.41, 5.74) is 1.73. The van der Waals surface area contributed by atoms with Gasteiger partial charge in [-0.1, -0.05) is 18.2 Å². The van der Waals surface area contributed by atoms with Crippen molar-refractivity contribution in [2.24, 2.45) is 0 Å². The molecule has 0 aliphatic heterocycles. The molecule has 2 N–H and O–H groups in total. The minimum Gasteiger partial charge on any atom is -0.444 e. The number of alkyl carbamates (subject to hydrolysis) is 1. The number of ether oxygens (including phenoxy) is 1. The number of H-pyrrole nitrogens is 1. The highest BCUT2D eigenvalue weighted by molar-refractivity contribution is 5.83. The largest absolute Gasteiger partial charge is 0.444 e. The lowest BCUT2D eigenvalue weighted by Gasteiger charge is -2.21. The van der Waals surface area contributed by atoms with Crippen LogP contribution in [0, 0.1) is 6.92 Å². The van der Waals surface area contributed by atoms with Crippen LogP contribution in [-0.2, 0) is 11.2 Å². The van der Waals surface area contributed by atoms with E-state index in [0.29, 0.717) is 6.42 Å². The molecule has 1 atom stereocenters. The Kier molecular flexibility index (Phi) is 4.02. The maximum atomic E-state index is 11.7. The second-order valence-corrected chi connectivity index (χ2v) is 5.91. The third kappa shape index (κ3) is 3.76. The zero-order chi connectivity index (χ0) is 14.8. The molecule has 4 heteroatoms. The van der Waals surface area contributed by atoms with Crippen LogP contribution in [-0.4, -0.2) is 22.7 Å². The highest BCUT2D eigenvalue weighted by Gasteiger charge is 2.18. The minimum atomic E-state index is -0.495. The Balaban J connectivity index is 1.98. The molecule has 107 valence electrons. The average Bonchev–Trinajstić information content (AvgIpc) is 2.70. The summed E-state index contributed by atoms with van der Waals surface area (Å²) in [6, 6.07) is 7.84. The standard InChI is InChI=1S/C16H21N2O2/c1-11(18-15(19)20-16(2,3)4)9-12-10-17-14-8-6-5-7-13(12)14/h5-8,10-11,17H,1,9H2,2-4H3,(H,18,19)/t11-/m0/s1. The number of aromatic nitrogens is 1. The summed E-state index contributed by atoms with van der Waals surface area (Å²) in [7, 11) is 0. The van der Waals surface area contributed by atoms with Crippen molar-refractivity contribution in [3.8, 4) is 0 Å². The number of carbonyl (C=O) groups excluding carboxylic acids is 1. The molecule has 0 saturated heterocycles. The number of hydrogen-bond donors (Lipinski definition) is 2. The van der Waals surface area contributed by atoms with E-state index in [-0.39, 0.29) is 6.04 Å². The molecule has 4 nitrogen and oxygen atoms in total.